The summed E-state index contributed by atoms with van der Waals surface area (Å²) in [4.78, 5) is 1.94. The molecule has 2 aliphatic rings. The fourth-order valence-electron chi connectivity index (χ4n) is 4.03. The summed E-state index contributed by atoms with van der Waals surface area (Å²) in [5.74, 6) is -1.57. The third-order valence-electron chi connectivity index (χ3n) is 5.46. The lowest BCUT2D eigenvalue weighted by molar-refractivity contribution is -0.149. The monoisotopic (exact) mass is 371 g/mol. The van der Waals surface area contributed by atoms with E-state index in [0.29, 0.717) is 19.5 Å². The average molecular weight is 371 g/mol. The van der Waals surface area contributed by atoms with E-state index in [9.17, 15) is 24.1 Å². The topological polar surface area (TPSA) is 73.2 Å². The summed E-state index contributed by atoms with van der Waals surface area (Å²) < 4.78 is 31.9. The molecule has 1 aromatic rings. The van der Waals surface area contributed by atoms with Gasteiger partial charge < -0.3 is 20.1 Å². The number of aliphatic hydroxyl groups excluding tert-OH is 1. The zero-order chi connectivity index (χ0) is 18.8. The normalized spacial score (nSPS) is 29.5. The first-order chi connectivity index (χ1) is 12.3. The number of hydrogen-bond donors (Lipinski definition) is 3. The Morgan fingerprint density at radius 2 is 1.73 bits per heavy atom. The minimum atomic E-state index is -1.56. The first-order valence-corrected chi connectivity index (χ1v) is 9.22. The van der Waals surface area contributed by atoms with Gasteiger partial charge in [-0.05, 0) is 19.3 Å². The van der Waals surface area contributed by atoms with Gasteiger partial charge in [0.15, 0.2) is 0 Å². The van der Waals surface area contributed by atoms with Gasteiger partial charge in [0.25, 0.3) is 0 Å². The van der Waals surface area contributed by atoms with Crippen LogP contribution in [-0.4, -0.2) is 63.8 Å². The lowest BCUT2D eigenvalue weighted by atomic mass is 9.83. The molecule has 0 aromatic heterocycles. The number of nitrogens with zero attached hydrogens (tertiary/aromatic N) is 1. The Hall–Kier alpha value is -1.28. The fraction of sp³-hybridized carbons (Fsp3) is 0.684. The van der Waals surface area contributed by atoms with Crippen molar-refractivity contribution in [2.24, 2.45) is 0 Å². The minimum Gasteiger partial charge on any atom is -0.490 e. The summed E-state index contributed by atoms with van der Waals surface area (Å²) in [6.07, 6.45) is 3.93. The molecule has 1 aromatic carbocycles. The minimum absolute atomic E-state index is 0.0360. The molecule has 1 aliphatic carbocycles. The number of piperidine rings is 1. The van der Waals surface area contributed by atoms with E-state index in [0.717, 1.165) is 50.3 Å². The lowest BCUT2D eigenvalue weighted by Gasteiger charge is -2.45. The van der Waals surface area contributed by atoms with E-state index in [1.807, 2.05) is 4.90 Å². The molecule has 3 rings (SSSR count). The van der Waals surface area contributed by atoms with Crippen molar-refractivity contribution in [1.29, 1.82) is 0 Å². The van der Waals surface area contributed by atoms with Gasteiger partial charge in [-0.15, -0.1) is 0 Å². The fourth-order valence-corrected chi connectivity index (χ4v) is 4.03. The van der Waals surface area contributed by atoms with Gasteiger partial charge in [0.1, 0.15) is 29.6 Å². The number of rotatable bonds is 5. The Labute approximate surface area is 152 Å². The maximum atomic E-state index is 13.3. The highest BCUT2D eigenvalue weighted by Gasteiger charge is 2.44. The summed E-state index contributed by atoms with van der Waals surface area (Å²) in [5.41, 5.74) is -2.32. The molecule has 2 fully saturated rings. The Morgan fingerprint density at radius 3 is 2.38 bits per heavy atom. The van der Waals surface area contributed by atoms with Crippen LogP contribution in [0.3, 0.4) is 0 Å². The second kappa shape index (κ2) is 7.76. The Bertz CT molecular complexity index is 603. The van der Waals surface area contributed by atoms with E-state index in [1.54, 1.807) is 0 Å². The van der Waals surface area contributed by atoms with E-state index >= 15 is 0 Å². The number of halogens is 2. The number of ether oxygens (including phenoxy) is 1. The molecule has 2 atom stereocenters. The van der Waals surface area contributed by atoms with Crippen molar-refractivity contribution in [3.63, 3.8) is 0 Å². The van der Waals surface area contributed by atoms with Gasteiger partial charge in [-0.1, -0.05) is 19.3 Å². The van der Waals surface area contributed by atoms with E-state index in [1.165, 1.54) is 0 Å². The van der Waals surface area contributed by atoms with Crippen molar-refractivity contribution in [2.45, 2.75) is 55.8 Å². The van der Waals surface area contributed by atoms with Crippen molar-refractivity contribution < 1.29 is 28.8 Å². The molecule has 1 aliphatic heterocycles. The summed E-state index contributed by atoms with van der Waals surface area (Å²) in [6.45, 7) is 0.858. The molecule has 0 amide bonds. The summed E-state index contributed by atoms with van der Waals surface area (Å²) in [6, 6.07) is 2.80. The predicted molar refractivity (Wildman–Crippen MR) is 91.9 cm³/mol. The molecule has 0 spiro atoms. The van der Waals surface area contributed by atoms with Crippen molar-refractivity contribution in [3.05, 3.63) is 29.8 Å². The first kappa shape index (κ1) is 19.5. The van der Waals surface area contributed by atoms with Crippen LogP contribution in [0.5, 0.6) is 5.75 Å². The van der Waals surface area contributed by atoms with Gasteiger partial charge >= 0.3 is 0 Å². The molecular weight excluding hydrogens is 344 g/mol. The molecule has 0 unspecified atom stereocenters. The summed E-state index contributed by atoms with van der Waals surface area (Å²) in [7, 11) is 0. The number of β-amino-alcohol motifs (C(OH)–C–C–N with tert-alkyl or cyclic N) is 2. The number of likely N-dealkylation sites (tertiary alicyclic amines) is 1. The molecule has 26 heavy (non-hydrogen) atoms. The van der Waals surface area contributed by atoms with Crippen molar-refractivity contribution in [2.75, 3.05) is 26.2 Å². The molecule has 1 saturated carbocycles. The zero-order valence-corrected chi connectivity index (χ0v) is 14.8. The molecule has 0 bridgehead atoms. The van der Waals surface area contributed by atoms with Crippen molar-refractivity contribution >= 4 is 0 Å². The number of aliphatic hydroxyl groups is 3. The SMILES string of the molecule is O[C@H]1CCN(CC2(O)CCCCC2)C[C@]1(O)COc1cc(F)cc(F)c1. The van der Waals surface area contributed by atoms with Crippen LogP contribution >= 0.6 is 0 Å². The van der Waals surface area contributed by atoms with Crippen LogP contribution in [0.1, 0.15) is 38.5 Å². The average Bonchev–Trinajstić information content (AvgIpc) is 2.56. The first-order valence-electron chi connectivity index (χ1n) is 9.22. The molecule has 5 nitrogen and oxygen atoms in total. The molecule has 3 N–H and O–H groups in total. The maximum absolute atomic E-state index is 13.3. The molecule has 1 heterocycles. The van der Waals surface area contributed by atoms with Crippen molar-refractivity contribution in [3.8, 4) is 5.75 Å². The zero-order valence-electron chi connectivity index (χ0n) is 14.8. The van der Waals surface area contributed by atoms with E-state index in [4.69, 9.17) is 4.74 Å². The molecule has 1 saturated heterocycles. The predicted octanol–water partition coefficient (Wildman–Crippen LogP) is 1.84. The van der Waals surface area contributed by atoms with Crippen LogP contribution in [-0.2, 0) is 0 Å². The Morgan fingerprint density at radius 1 is 1.08 bits per heavy atom. The number of benzene rings is 1. The van der Waals surface area contributed by atoms with Crippen LogP contribution in [0.15, 0.2) is 18.2 Å². The van der Waals surface area contributed by atoms with Crippen LogP contribution < -0.4 is 4.74 Å². The molecule has 7 heteroatoms. The smallest absolute Gasteiger partial charge is 0.137 e. The van der Waals surface area contributed by atoms with Gasteiger partial charge in [0, 0.05) is 37.8 Å². The van der Waals surface area contributed by atoms with Crippen molar-refractivity contribution in [1.82, 2.24) is 4.90 Å². The third-order valence-corrected chi connectivity index (χ3v) is 5.46. The van der Waals surface area contributed by atoms with Crippen LogP contribution in [0.2, 0.25) is 0 Å². The second-order valence-electron chi connectivity index (χ2n) is 7.80. The second-order valence-corrected chi connectivity index (χ2v) is 7.80. The maximum Gasteiger partial charge on any atom is 0.137 e. The van der Waals surface area contributed by atoms with Gasteiger partial charge in [0.2, 0.25) is 0 Å². The van der Waals surface area contributed by atoms with Crippen LogP contribution in [0.4, 0.5) is 8.78 Å². The quantitative estimate of drug-likeness (QED) is 0.737. The summed E-state index contributed by atoms with van der Waals surface area (Å²) >= 11 is 0. The lowest BCUT2D eigenvalue weighted by Crippen LogP contribution is -2.62. The standard InChI is InChI=1S/C19H27F2NO4/c20-14-8-15(21)10-16(9-14)26-13-19(25)12-22(7-4-17(19)23)11-18(24)5-2-1-3-6-18/h8-10,17,23-25H,1-7,11-13H2/t17-,19-/m0/s1. The summed E-state index contributed by atoms with van der Waals surface area (Å²) in [5, 5.41) is 31.8. The Kier molecular flexibility index (Phi) is 5.81. The van der Waals surface area contributed by atoms with Gasteiger partial charge in [-0.25, -0.2) is 8.78 Å². The van der Waals surface area contributed by atoms with E-state index in [2.05, 4.69) is 0 Å². The highest BCUT2D eigenvalue weighted by atomic mass is 19.1. The van der Waals surface area contributed by atoms with Gasteiger partial charge in [-0.3, -0.25) is 4.90 Å². The number of hydrogen-bond acceptors (Lipinski definition) is 5. The van der Waals surface area contributed by atoms with Gasteiger partial charge in [0.05, 0.1) is 11.7 Å². The highest BCUT2D eigenvalue weighted by molar-refractivity contribution is 5.24. The van der Waals surface area contributed by atoms with E-state index in [-0.39, 0.29) is 18.9 Å². The van der Waals surface area contributed by atoms with Gasteiger partial charge in [-0.2, -0.15) is 0 Å². The van der Waals surface area contributed by atoms with Crippen LogP contribution in [0.25, 0.3) is 0 Å². The molecule has 146 valence electrons. The molecule has 0 radical (unpaired) electrons. The third kappa shape index (κ3) is 4.71. The van der Waals surface area contributed by atoms with Crippen LogP contribution in [0, 0.1) is 11.6 Å². The molecular formula is C19H27F2NO4. The highest BCUT2D eigenvalue weighted by Crippen LogP contribution is 2.31. The largest absolute Gasteiger partial charge is 0.490 e. The Balaban J connectivity index is 1.62. The van der Waals surface area contributed by atoms with E-state index < -0.39 is 28.9 Å².